The van der Waals surface area contributed by atoms with Crippen LogP contribution >= 0.6 is 11.3 Å². The molecule has 1 heterocycles. The summed E-state index contributed by atoms with van der Waals surface area (Å²) in [6.45, 7) is 0.275. The van der Waals surface area contributed by atoms with Gasteiger partial charge in [-0.15, -0.1) is 11.3 Å². The lowest BCUT2D eigenvalue weighted by Crippen LogP contribution is -2.13. The van der Waals surface area contributed by atoms with Crippen molar-refractivity contribution in [2.24, 2.45) is 5.73 Å². The zero-order chi connectivity index (χ0) is 12.3. The Bertz CT molecular complexity index is 493. The largest absolute Gasteiger partial charge is 0.397 e. The van der Waals surface area contributed by atoms with Gasteiger partial charge in [-0.25, -0.2) is 8.42 Å². The van der Waals surface area contributed by atoms with Crippen molar-refractivity contribution in [1.29, 1.82) is 0 Å². The van der Waals surface area contributed by atoms with E-state index in [0.29, 0.717) is 10.7 Å². The van der Waals surface area contributed by atoms with E-state index < -0.39 is 15.7 Å². The highest BCUT2D eigenvalue weighted by Crippen LogP contribution is 2.28. The SMILES string of the molecule is CS(=O)(=O)CCNc1cc(N)c(C(N)=O)s1. The highest BCUT2D eigenvalue weighted by Gasteiger charge is 2.11. The van der Waals surface area contributed by atoms with Crippen LogP contribution in [0.2, 0.25) is 0 Å². The molecule has 5 N–H and O–H groups in total. The molecule has 8 heteroatoms. The lowest BCUT2D eigenvalue weighted by Gasteiger charge is -2.00. The maximum absolute atomic E-state index is 10.9. The third kappa shape index (κ3) is 3.70. The molecule has 0 bridgehead atoms. The Morgan fingerprint density at radius 1 is 1.56 bits per heavy atom. The molecule has 0 aliphatic carbocycles. The Morgan fingerprint density at radius 2 is 2.19 bits per heavy atom. The lowest BCUT2D eigenvalue weighted by molar-refractivity contribution is 0.100. The fourth-order valence-electron chi connectivity index (χ4n) is 1.04. The Hall–Kier alpha value is -1.28. The second-order valence-corrected chi connectivity index (χ2v) is 6.63. The zero-order valence-corrected chi connectivity index (χ0v) is 10.3. The van der Waals surface area contributed by atoms with Crippen LogP contribution in [0, 0.1) is 0 Å². The van der Waals surface area contributed by atoms with Crippen LogP contribution in [0.5, 0.6) is 0 Å². The quantitative estimate of drug-likeness (QED) is 0.685. The number of hydrogen-bond acceptors (Lipinski definition) is 6. The lowest BCUT2D eigenvalue weighted by atomic mass is 10.4. The van der Waals surface area contributed by atoms with Crippen LogP contribution in [-0.4, -0.2) is 32.9 Å². The number of nitrogens with one attached hydrogen (secondary N) is 1. The average molecular weight is 263 g/mol. The Balaban J connectivity index is 2.62. The number of rotatable bonds is 5. The molecule has 0 saturated heterocycles. The van der Waals surface area contributed by atoms with Crippen molar-refractivity contribution in [2.45, 2.75) is 0 Å². The van der Waals surface area contributed by atoms with Gasteiger partial charge in [0.1, 0.15) is 14.7 Å². The molecule has 1 aromatic rings. The number of thiophene rings is 1. The first-order chi connectivity index (χ1) is 7.29. The first-order valence-corrected chi connectivity index (χ1v) is 7.28. The number of anilines is 2. The van der Waals surface area contributed by atoms with E-state index in [1.165, 1.54) is 0 Å². The van der Waals surface area contributed by atoms with Crippen LogP contribution in [0.25, 0.3) is 0 Å². The van der Waals surface area contributed by atoms with Crippen LogP contribution in [0.15, 0.2) is 6.07 Å². The van der Waals surface area contributed by atoms with E-state index in [0.717, 1.165) is 17.6 Å². The van der Waals surface area contributed by atoms with Crippen molar-refractivity contribution in [2.75, 3.05) is 29.6 Å². The van der Waals surface area contributed by atoms with Gasteiger partial charge in [0.15, 0.2) is 0 Å². The monoisotopic (exact) mass is 263 g/mol. The third-order valence-electron chi connectivity index (χ3n) is 1.76. The van der Waals surface area contributed by atoms with Gasteiger partial charge in [0.25, 0.3) is 5.91 Å². The minimum Gasteiger partial charge on any atom is -0.397 e. The molecule has 1 amide bonds. The van der Waals surface area contributed by atoms with Gasteiger partial charge in [0.05, 0.1) is 16.4 Å². The van der Waals surface area contributed by atoms with E-state index >= 15 is 0 Å². The summed E-state index contributed by atoms with van der Waals surface area (Å²) in [6.07, 6.45) is 1.16. The number of carbonyl (C=O) groups excluding carboxylic acids is 1. The summed E-state index contributed by atoms with van der Waals surface area (Å²) in [5.41, 5.74) is 10.9. The van der Waals surface area contributed by atoms with Gasteiger partial charge in [-0.05, 0) is 6.07 Å². The fourth-order valence-corrected chi connectivity index (χ4v) is 2.37. The van der Waals surface area contributed by atoms with Gasteiger partial charge < -0.3 is 16.8 Å². The maximum atomic E-state index is 10.9. The molecule has 0 unspecified atom stereocenters. The standard InChI is InChI=1S/C8H13N3O3S2/c1-16(13,14)3-2-11-6-4-5(9)7(15-6)8(10)12/h4,11H,2-3,9H2,1H3,(H2,10,12). The number of sulfone groups is 1. The fraction of sp³-hybridized carbons (Fsp3) is 0.375. The van der Waals surface area contributed by atoms with E-state index in [4.69, 9.17) is 11.5 Å². The summed E-state index contributed by atoms with van der Waals surface area (Å²) >= 11 is 1.11. The average Bonchev–Trinajstić information content (AvgIpc) is 2.44. The van der Waals surface area contributed by atoms with Crippen LogP contribution in [0.4, 0.5) is 10.7 Å². The van der Waals surface area contributed by atoms with Gasteiger partial charge in [-0.3, -0.25) is 4.79 Å². The zero-order valence-electron chi connectivity index (χ0n) is 8.69. The highest BCUT2D eigenvalue weighted by atomic mass is 32.2. The molecular formula is C8H13N3O3S2. The molecule has 0 atom stereocenters. The molecule has 1 rings (SSSR count). The summed E-state index contributed by atoms with van der Waals surface area (Å²) in [5, 5.41) is 3.50. The molecule has 0 radical (unpaired) electrons. The second-order valence-electron chi connectivity index (χ2n) is 3.32. The molecule has 16 heavy (non-hydrogen) atoms. The molecule has 0 aromatic carbocycles. The van der Waals surface area contributed by atoms with Crippen molar-refractivity contribution in [3.63, 3.8) is 0 Å². The smallest absolute Gasteiger partial charge is 0.260 e. The molecule has 0 saturated carbocycles. The molecular weight excluding hydrogens is 250 g/mol. The summed E-state index contributed by atoms with van der Waals surface area (Å²) in [4.78, 5) is 11.2. The van der Waals surface area contributed by atoms with Gasteiger partial charge in [0, 0.05) is 12.8 Å². The number of nitrogen functional groups attached to an aromatic ring is 1. The predicted octanol–water partition coefficient (Wildman–Crippen LogP) is -0.114. The highest BCUT2D eigenvalue weighted by molar-refractivity contribution is 7.90. The van der Waals surface area contributed by atoms with Crippen LogP contribution in [0.3, 0.4) is 0 Å². The van der Waals surface area contributed by atoms with E-state index in [1.807, 2.05) is 0 Å². The number of hydrogen-bond donors (Lipinski definition) is 3. The van der Waals surface area contributed by atoms with Crippen molar-refractivity contribution < 1.29 is 13.2 Å². The van der Waals surface area contributed by atoms with Crippen LogP contribution in [-0.2, 0) is 9.84 Å². The first kappa shape index (κ1) is 12.8. The minimum atomic E-state index is -2.99. The molecule has 6 nitrogen and oxygen atoms in total. The number of primary amides is 1. The molecule has 0 spiro atoms. The van der Waals surface area contributed by atoms with E-state index in [1.54, 1.807) is 6.07 Å². The predicted molar refractivity (Wildman–Crippen MR) is 65.4 cm³/mol. The van der Waals surface area contributed by atoms with Crippen molar-refractivity contribution >= 4 is 37.8 Å². The molecule has 90 valence electrons. The second kappa shape index (κ2) is 4.71. The van der Waals surface area contributed by atoms with Gasteiger partial charge >= 0.3 is 0 Å². The molecule has 1 aromatic heterocycles. The number of nitrogens with two attached hydrogens (primary N) is 2. The van der Waals surface area contributed by atoms with E-state index in [2.05, 4.69) is 5.32 Å². The van der Waals surface area contributed by atoms with Crippen molar-refractivity contribution in [3.05, 3.63) is 10.9 Å². The Labute approximate surface area is 97.5 Å². The minimum absolute atomic E-state index is 0.0245. The van der Waals surface area contributed by atoms with Gasteiger partial charge in [-0.2, -0.15) is 0 Å². The van der Waals surface area contributed by atoms with Gasteiger partial charge in [0.2, 0.25) is 0 Å². The normalized spacial score (nSPS) is 11.3. The summed E-state index contributed by atoms with van der Waals surface area (Å²) in [7, 11) is -2.99. The molecule has 0 fully saturated rings. The molecule has 0 aliphatic rings. The molecule has 0 aliphatic heterocycles. The van der Waals surface area contributed by atoms with Crippen LogP contribution < -0.4 is 16.8 Å². The van der Waals surface area contributed by atoms with Gasteiger partial charge in [-0.1, -0.05) is 0 Å². The summed E-state index contributed by atoms with van der Waals surface area (Å²) in [5.74, 6) is -0.560. The first-order valence-electron chi connectivity index (χ1n) is 4.40. The van der Waals surface area contributed by atoms with Crippen molar-refractivity contribution in [1.82, 2.24) is 0 Å². The summed E-state index contributed by atoms with van der Waals surface area (Å²) in [6, 6.07) is 1.56. The summed E-state index contributed by atoms with van der Waals surface area (Å²) < 4.78 is 21.7. The number of amides is 1. The van der Waals surface area contributed by atoms with Crippen LogP contribution in [0.1, 0.15) is 9.67 Å². The maximum Gasteiger partial charge on any atom is 0.260 e. The number of carbonyl (C=O) groups is 1. The Morgan fingerprint density at radius 3 is 2.62 bits per heavy atom. The van der Waals surface area contributed by atoms with Crippen molar-refractivity contribution in [3.8, 4) is 0 Å². The Kier molecular flexibility index (Phi) is 3.76. The topological polar surface area (TPSA) is 115 Å². The third-order valence-corrected chi connectivity index (χ3v) is 3.83. The van der Waals surface area contributed by atoms with E-state index in [-0.39, 0.29) is 17.2 Å². The van der Waals surface area contributed by atoms with E-state index in [9.17, 15) is 13.2 Å².